The van der Waals surface area contributed by atoms with E-state index >= 15 is 0 Å². The largest absolute Gasteiger partial charge is 0.271 e. The van der Waals surface area contributed by atoms with Crippen molar-refractivity contribution >= 4 is 11.3 Å². The lowest BCUT2D eigenvalue weighted by molar-refractivity contribution is 0.643. The number of hydrogen-bond acceptors (Lipinski definition) is 4. The highest BCUT2D eigenvalue weighted by Crippen LogP contribution is 2.34. The van der Waals surface area contributed by atoms with Crippen molar-refractivity contribution in [2.45, 2.75) is 38.1 Å². The van der Waals surface area contributed by atoms with Crippen LogP contribution in [-0.2, 0) is 12.8 Å². The Balaban J connectivity index is 1.92. The van der Waals surface area contributed by atoms with E-state index in [0.717, 1.165) is 5.56 Å². The van der Waals surface area contributed by atoms with Crippen molar-refractivity contribution in [3.8, 4) is 0 Å². The molecule has 2 aromatic heterocycles. The van der Waals surface area contributed by atoms with E-state index in [2.05, 4.69) is 22.5 Å². The molecule has 100 valence electrons. The van der Waals surface area contributed by atoms with Crippen LogP contribution in [0.4, 0.5) is 0 Å². The van der Waals surface area contributed by atoms with Gasteiger partial charge in [0.25, 0.3) is 0 Å². The molecule has 2 heterocycles. The molecule has 0 radical (unpaired) electrons. The fraction of sp³-hybridized carbons (Fsp3) is 0.400. The molecule has 0 fully saturated rings. The van der Waals surface area contributed by atoms with Crippen LogP contribution in [-0.4, -0.2) is 4.98 Å². The highest BCUT2D eigenvalue weighted by Gasteiger charge is 2.19. The average molecular weight is 273 g/mol. The van der Waals surface area contributed by atoms with Crippen molar-refractivity contribution in [1.29, 1.82) is 0 Å². The maximum atomic E-state index is 5.75. The maximum absolute atomic E-state index is 5.75. The molecular formula is C15H19N3S. The Bertz CT molecular complexity index is 512. The van der Waals surface area contributed by atoms with Gasteiger partial charge in [-0.05, 0) is 48.9 Å². The number of nitrogens with one attached hydrogen (secondary N) is 1. The van der Waals surface area contributed by atoms with E-state index in [1.54, 1.807) is 11.1 Å². The van der Waals surface area contributed by atoms with Crippen molar-refractivity contribution in [3.63, 3.8) is 0 Å². The Morgan fingerprint density at radius 3 is 2.95 bits per heavy atom. The number of hydrogen-bond donors (Lipinski definition) is 2. The fourth-order valence-corrected chi connectivity index (χ4v) is 4.07. The number of rotatable bonds is 3. The predicted octanol–water partition coefficient (Wildman–Crippen LogP) is 2.96. The van der Waals surface area contributed by atoms with Crippen molar-refractivity contribution in [1.82, 2.24) is 10.4 Å². The first-order valence-corrected chi connectivity index (χ1v) is 7.67. The average Bonchev–Trinajstić information content (AvgIpc) is 2.71. The lowest BCUT2D eigenvalue weighted by Gasteiger charge is -2.14. The SMILES string of the molecule is NNC(c1cccnc1)c1cc2c(s1)CCCCC2. The minimum Gasteiger partial charge on any atom is -0.271 e. The number of fused-ring (bicyclic) bond motifs is 1. The van der Waals surface area contributed by atoms with E-state index in [0.29, 0.717) is 0 Å². The summed E-state index contributed by atoms with van der Waals surface area (Å²) in [6.07, 6.45) is 10.1. The quantitative estimate of drug-likeness (QED) is 0.513. The third kappa shape index (κ3) is 2.71. The molecule has 3 N–H and O–H groups in total. The summed E-state index contributed by atoms with van der Waals surface area (Å²) < 4.78 is 0. The van der Waals surface area contributed by atoms with Gasteiger partial charge >= 0.3 is 0 Å². The van der Waals surface area contributed by atoms with Crippen LogP contribution in [0.2, 0.25) is 0 Å². The number of hydrazine groups is 1. The van der Waals surface area contributed by atoms with Crippen LogP contribution in [0.25, 0.3) is 0 Å². The van der Waals surface area contributed by atoms with Crippen LogP contribution in [0.3, 0.4) is 0 Å². The van der Waals surface area contributed by atoms with Gasteiger partial charge in [-0.25, -0.2) is 5.43 Å². The molecule has 1 atom stereocenters. The summed E-state index contributed by atoms with van der Waals surface area (Å²) in [6.45, 7) is 0. The molecule has 2 aromatic rings. The smallest absolute Gasteiger partial charge is 0.0817 e. The number of nitrogens with zero attached hydrogens (tertiary/aromatic N) is 1. The Morgan fingerprint density at radius 2 is 2.16 bits per heavy atom. The first-order valence-electron chi connectivity index (χ1n) is 6.86. The van der Waals surface area contributed by atoms with Crippen LogP contribution >= 0.6 is 11.3 Å². The Hall–Kier alpha value is -1.23. The number of aryl methyl sites for hydroxylation is 2. The Labute approximate surface area is 117 Å². The van der Waals surface area contributed by atoms with Crippen molar-refractivity contribution < 1.29 is 0 Å². The van der Waals surface area contributed by atoms with Crippen LogP contribution in [0.5, 0.6) is 0 Å². The van der Waals surface area contributed by atoms with Gasteiger partial charge in [0.05, 0.1) is 6.04 Å². The van der Waals surface area contributed by atoms with Gasteiger partial charge in [0.15, 0.2) is 0 Å². The summed E-state index contributed by atoms with van der Waals surface area (Å²) in [5.41, 5.74) is 5.59. The summed E-state index contributed by atoms with van der Waals surface area (Å²) in [4.78, 5) is 7.05. The second-order valence-electron chi connectivity index (χ2n) is 5.04. The molecule has 19 heavy (non-hydrogen) atoms. The normalized spacial score (nSPS) is 16.7. The zero-order chi connectivity index (χ0) is 13.1. The fourth-order valence-electron chi connectivity index (χ4n) is 2.72. The van der Waals surface area contributed by atoms with Gasteiger partial charge in [0.2, 0.25) is 0 Å². The molecule has 1 aliphatic rings. The van der Waals surface area contributed by atoms with Crippen LogP contribution in [0.15, 0.2) is 30.6 Å². The predicted molar refractivity (Wildman–Crippen MR) is 79.0 cm³/mol. The maximum Gasteiger partial charge on any atom is 0.0817 e. The van der Waals surface area contributed by atoms with Gasteiger partial charge in [0, 0.05) is 22.1 Å². The molecule has 0 bridgehead atoms. The molecule has 0 aromatic carbocycles. The van der Waals surface area contributed by atoms with Crippen molar-refractivity contribution in [2.75, 3.05) is 0 Å². The summed E-state index contributed by atoms with van der Waals surface area (Å²) in [5, 5.41) is 0. The summed E-state index contributed by atoms with van der Waals surface area (Å²) in [6, 6.07) is 6.43. The number of pyridine rings is 1. The summed E-state index contributed by atoms with van der Waals surface area (Å²) in [5.74, 6) is 5.75. The number of thiophene rings is 1. The number of aromatic nitrogens is 1. The molecular weight excluding hydrogens is 254 g/mol. The van der Waals surface area contributed by atoms with Crippen molar-refractivity contribution in [3.05, 3.63) is 51.5 Å². The summed E-state index contributed by atoms with van der Waals surface area (Å²) in [7, 11) is 0. The molecule has 1 unspecified atom stereocenters. The van der Waals surface area contributed by atoms with Gasteiger partial charge < -0.3 is 0 Å². The summed E-state index contributed by atoms with van der Waals surface area (Å²) >= 11 is 1.91. The second kappa shape index (κ2) is 5.82. The zero-order valence-corrected chi connectivity index (χ0v) is 11.7. The first kappa shape index (κ1) is 12.8. The van der Waals surface area contributed by atoms with Gasteiger partial charge in [-0.2, -0.15) is 0 Å². The lowest BCUT2D eigenvalue weighted by atomic mass is 10.1. The van der Waals surface area contributed by atoms with E-state index in [9.17, 15) is 0 Å². The highest BCUT2D eigenvalue weighted by molar-refractivity contribution is 7.12. The molecule has 0 aliphatic heterocycles. The minimum atomic E-state index is 0.0608. The molecule has 0 saturated heterocycles. The first-order chi connectivity index (χ1) is 9.38. The molecule has 0 spiro atoms. The van der Waals surface area contributed by atoms with Gasteiger partial charge in [-0.3, -0.25) is 10.8 Å². The number of nitrogens with two attached hydrogens (primary N) is 1. The van der Waals surface area contributed by atoms with E-state index in [1.807, 2.05) is 23.6 Å². The second-order valence-corrected chi connectivity index (χ2v) is 6.21. The van der Waals surface area contributed by atoms with E-state index < -0.39 is 0 Å². The van der Waals surface area contributed by atoms with E-state index in [1.165, 1.54) is 42.5 Å². The molecule has 4 heteroatoms. The van der Waals surface area contributed by atoms with Gasteiger partial charge in [-0.15, -0.1) is 11.3 Å². The zero-order valence-electron chi connectivity index (χ0n) is 10.9. The molecule has 0 amide bonds. The minimum absolute atomic E-state index is 0.0608. The van der Waals surface area contributed by atoms with Crippen LogP contribution < -0.4 is 11.3 Å². The lowest BCUT2D eigenvalue weighted by Crippen LogP contribution is -2.28. The van der Waals surface area contributed by atoms with Crippen LogP contribution in [0, 0.1) is 0 Å². The standard InChI is InChI=1S/C15H19N3S/c16-18-15(12-6-4-8-17-10-12)14-9-11-5-2-1-3-7-13(11)19-14/h4,6,8-10,15,18H,1-3,5,7,16H2. The van der Waals surface area contributed by atoms with Crippen molar-refractivity contribution in [2.24, 2.45) is 5.84 Å². The van der Waals surface area contributed by atoms with E-state index in [-0.39, 0.29) is 6.04 Å². The van der Waals surface area contributed by atoms with Gasteiger partial charge in [-0.1, -0.05) is 12.5 Å². The molecule has 3 nitrogen and oxygen atoms in total. The third-order valence-corrected chi connectivity index (χ3v) is 5.04. The third-order valence-electron chi connectivity index (χ3n) is 3.73. The monoisotopic (exact) mass is 273 g/mol. The molecule has 0 saturated carbocycles. The molecule has 3 rings (SSSR count). The van der Waals surface area contributed by atoms with Gasteiger partial charge in [0.1, 0.15) is 0 Å². The van der Waals surface area contributed by atoms with Crippen LogP contribution in [0.1, 0.15) is 46.2 Å². The Morgan fingerprint density at radius 1 is 1.26 bits per heavy atom. The van der Waals surface area contributed by atoms with E-state index in [4.69, 9.17) is 5.84 Å². The topological polar surface area (TPSA) is 50.9 Å². The highest BCUT2D eigenvalue weighted by atomic mass is 32.1. The Kier molecular flexibility index (Phi) is 3.92. The molecule has 1 aliphatic carbocycles.